The quantitative estimate of drug-likeness (QED) is 0.893. The van der Waals surface area contributed by atoms with E-state index in [9.17, 15) is 13.2 Å². The molecule has 0 aliphatic rings. The predicted molar refractivity (Wildman–Crippen MR) is 76.6 cm³/mol. The van der Waals surface area contributed by atoms with Crippen LogP contribution in [0.4, 0.5) is 0 Å². The van der Waals surface area contributed by atoms with Gasteiger partial charge < -0.3 is 10.5 Å². The summed E-state index contributed by atoms with van der Waals surface area (Å²) in [5, 5.41) is 0. The lowest BCUT2D eigenvalue weighted by Crippen LogP contribution is -2.13. The first-order valence-electron chi connectivity index (χ1n) is 6.03. The Morgan fingerprint density at radius 3 is 2.67 bits per heavy atom. The van der Waals surface area contributed by atoms with Crippen LogP contribution in [0.25, 0.3) is 0 Å². The van der Waals surface area contributed by atoms with Crippen LogP contribution in [0.2, 0.25) is 0 Å². The minimum atomic E-state index is -3.68. The molecule has 0 aliphatic heterocycles. The minimum Gasteiger partial charge on any atom is -0.495 e. The molecular formula is C14H14N2O4S. The molecule has 0 atom stereocenters. The van der Waals surface area contributed by atoms with E-state index < -0.39 is 15.7 Å². The number of nitrogens with two attached hydrogens (primary N) is 1. The van der Waals surface area contributed by atoms with Gasteiger partial charge >= 0.3 is 0 Å². The van der Waals surface area contributed by atoms with Crippen molar-refractivity contribution in [2.24, 2.45) is 5.73 Å². The molecule has 0 saturated heterocycles. The fraction of sp³-hybridized carbons (Fsp3) is 0.143. The van der Waals surface area contributed by atoms with Crippen molar-refractivity contribution in [2.75, 3.05) is 7.11 Å². The normalized spacial score (nSPS) is 11.1. The third-order valence-electron chi connectivity index (χ3n) is 2.86. The molecule has 0 saturated carbocycles. The van der Waals surface area contributed by atoms with Gasteiger partial charge in [0.2, 0.25) is 5.91 Å². The van der Waals surface area contributed by atoms with Gasteiger partial charge in [0.25, 0.3) is 0 Å². The van der Waals surface area contributed by atoms with Crippen molar-refractivity contribution >= 4 is 15.7 Å². The molecule has 7 heteroatoms. The van der Waals surface area contributed by atoms with Crippen LogP contribution >= 0.6 is 0 Å². The second-order valence-corrected chi connectivity index (χ2v) is 6.31. The van der Waals surface area contributed by atoms with Crippen molar-refractivity contribution in [3.05, 3.63) is 53.9 Å². The van der Waals surface area contributed by atoms with Crippen molar-refractivity contribution in [3.8, 4) is 5.75 Å². The summed E-state index contributed by atoms with van der Waals surface area (Å²) in [5.41, 5.74) is 5.84. The van der Waals surface area contributed by atoms with E-state index in [1.54, 1.807) is 18.3 Å². The monoisotopic (exact) mass is 306 g/mol. The van der Waals surface area contributed by atoms with Gasteiger partial charge in [-0.3, -0.25) is 9.78 Å². The Morgan fingerprint density at radius 2 is 2.10 bits per heavy atom. The van der Waals surface area contributed by atoms with Crippen molar-refractivity contribution in [3.63, 3.8) is 0 Å². The van der Waals surface area contributed by atoms with Crippen molar-refractivity contribution < 1.29 is 17.9 Å². The topological polar surface area (TPSA) is 99.4 Å². The highest BCUT2D eigenvalue weighted by Crippen LogP contribution is 2.27. The summed E-state index contributed by atoms with van der Waals surface area (Å²) in [7, 11) is -2.32. The van der Waals surface area contributed by atoms with E-state index in [-0.39, 0.29) is 22.0 Å². The van der Waals surface area contributed by atoms with Crippen molar-refractivity contribution in [1.29, 1.82) is 0 Å². The average Bonchev–Trinajstić information content (AvgIpc) is 2.47. The smallest absolute Gasteiger partial charge is 0.248 e. The number of carbonyl (C=O) groups is 1. The fourth-order valence-corrected chi connectivity index (χ4v) is 3.38. The Hall–Kier alpha value is -2.41. The molecule has 0 bridgehead atoms. The van der Waals surface area contributed by atoms with Gasteiger partial charge in [0.1, 0.15) is 10.6 Å². The number of hydrogen-bond donors (Lipinski definition) is 1. The molecule has 0 radical (unpaired) electrons. The highest BCUT2D eigenvalue weighted by molar-refractivity contribution is 7.90. The number of hydrogen-bond acceptors (Lipinski definition) is 5. The lowest BCUT2D eigenvalue weighted by molar-refractivity contribution is 0.1000. The molecule has 21 heavy (non-hydrogen) atoms. The summed E-state index contributed by atoms with van der Waals surface area (Å²) in [6, 6.07) is 7.38. The van der Waals surface area contributed by atoms with Gasteiger partial charge in [0.15, 0.2) is 9.84 Å². The summed E-state index contributed by atoms with van der Waals surface area (Å²) in [4.78, 5) is 15.0. The van der Waals surface area contributed by atoms with Gasteiger partial charge in [-0.05, 0) is 29.8 Å². The molecule has 110 valence electrons. The van der Waals surface area contributed by atoms with Crippen LogP contribution in [0.3, 0.4) is 0 Å². The highest BCUT2D eigenvalue weighted by Gasteiger charge is 2.22. The first-order chi connectivity index (χ1) is 9.94. The van der Waals surface area contributed by atoms with E-state index in [1.807, 2.05) is 0 Å². The van der Waals surface area contributed by atoms with Crippen LogP contribution < -0.4 is 10.5 Å². The molecule has 1 amide bonds. The van der Waals surface area contributed by atoms with E-state index in [2.05, 4.69) is 4.98 Å². The van der Waals surface area contributed by atoms with Gasteiger partial charge in [-0.15, -0.1) is 0 Å². The van der Waals surface area contributed by atoms with E-state index in [0.717, 1.165) is 0 Å². The number of rotatable bonds is 5. The molecular weight excluding hydrogens is 292 g/mol. The van der Waals surface area contributed by atoms with Crippen LogP contribution in [-0.2, 0) is 15.6 Å². The zero-order valence-corrected chi connectivity index (χ0v) is 12.1. The molecule has 0 fully saturated rings. The van der Waals surface area contributed by atoms with Gasteiger partial charge in [0.05, 0.1) is 12.9 Å². The molecule has 6 nitrogen and oxygen atoms in total. The van der Waals surface area contributed by atoms with Crippen molar-refractivity contribution in [2.45, 2.75) is 10.6 Å². The first kappa shape index (κ1) is 15.0. The third-order valence-corrected chi connectivity index (χ3v) is 4.57. The SMILES string of the molecule is COc1ccc(C(N)=O)cc1S(=O)(=O)Cc1cccnc1. The Morgan fingerprint density at radius 1 is 1.33 bits per heavy atom. The minimum absolute atomic E-state index is 0.0647. The largest absolute Gasteiger partial charge is 0.495 e. The van der Waals surface area contributed by atoms with E-state index in [0.29, 0.717) is 5.56 Å². The van der Waals surface area contributed by atoms with Crippen LogP contribution in [0, 0.1) is 0 Å². The Kier molecular flexibility index (Phi) is 4.23. The van der Waals surface area contributed by atoms with Crippen molar-refractivity contribution in [1.82, 2.24) is 4.98 Å². The average molecular weight is 306 g/mol. The Bertz CT molecular complexity index is 758. The summed E-state index contributed by atoms with van der Waals surface area (Å²) < 4.78 is 30.0. The molecule has 0 aliphatic carbocycles. The number of amides is 1. The van der Waals surface area contributed by atoms with Crippen LogP contribution in [0.1, 0.15) is 15.9 Å². The number of primary amides is 1. The van der Waals surface area contributed by atoms with Gasteiger partial charge in [0, 0.05) is 18.0 Å². The number of benzene rings is 1. The maximum Gasteiger partial charge on any atom is 0.248 e. The Labute approximate surface area is 122 Å². The Balaban J connectivity index is 2.48. The number of sulfone groups is 1. The van der Waals surface area contributed by atoms with E-state index in [1.165, 1.54) is 31.5 Å². The number of methoxy groups -OCH3 is 1. The van der Waals surface area contributed by atoms with Gasteiger partial charge in [-0.1, -0.05) is 6.07 Å². The van der Waals surface area contributed by atoms with Crippen LogP contribution in [0.15, 0.2) is 47.6 Å². The summed E-state index contributed by atoms with van der Waals surface area (Å²) in [6.45, 7) is 0. The lowest BCUT2D eigenvalue weighted by atomic mass is 10.2. The maximum absolute atomic E-state index is 12.5. The van der Waals surface area contributed by atoms with Gasteiger partial charge in [-0.25, -0.2) is 8.42 Å². The van der Waals surface area contributed by atoms with Crippen LogP contribution in [-0.4, -0.2) is 26.4 Å². The molecule has 2 N–H and O–H groups in total. The standard InChI is InChI=1S/C14H14N2O4S/c1-20-12-5-4-11(14(15)17)7-13(12)21(18,19)9-10-3-2-6-16-8-10/h2-8H,9H2,1H3,(H2,15,17). The highest BCUT2D eigenvalue weighted by atomic mass is 32.2. The first-order valence-corrected chi connectivity index (χ1v) is 7.69. The van der Waals surface area contributed by atoms with Gasteiger partial charge in [-0.2, -0.15) is 0 Å². The number of ether oxygens (including phenoxy) is 1. The molecule has 2 aromatic rings. The summed E-state index contributed by atoms with van der Waals surface area (Å²) in [6.07, 6.45) is 3.03. The lowest BCUT2D eigenvalue weighted by Gasteiger charge is -2.10. The molecule has 0 unspecified atom stereocenters. The summed E-state index contributed by atoms with van der Waals surface area (Å²) in [5.74, 6) is -0.765. The molecule has 1 aromatic carbocycles. The molecule has 0 spiro atoms. The van der Waals surface area contributed by atoms with Crippen LogP contribution in [0.5, 0.6) is 5.75 Å². The fourth-order valence-electron chi connectivity index (χ4n) is 1.85. The second-order valence-electron chi connectivity index (χ2n) is 4.35. The van der Waals surface area contributed by atoms with E-state index >= 15 is 0 Å². The number of pyridine rings is 1. The second kappa shape index (κ2) is 5.92. The van der Waals surface area contributed by atoms with E-state index in [4.69, 9.17) is 10.5 Å². The molecule has 1 heterocycles. The number of nitrogens with zero attached hydrogens (tertiary/aromatic N) is 1. The summed E-state index contributed by atoms with van der Waals surface area (Å²) >= 11 is 0. The number of carbonyl (C=O) groups excluding carboxylic acids is 1. The zero-order chi connectivity index (χ0) is 15.5. The predicted octanol–water partition coefficient (Wildman–Crippen LogP) is 1.16. The molecule has 2 rings (SSSR count). The third kappa shape index (κ3) is 3.38. The molecule has 1 aromatic heterocycles. The number of aromatic nitrogens is 1. The maximum atomic E-state index is 12.5. The zero-order valence-electron chi connectivity index (χ0n) is 11.3.